The summed E-state index contributed by atoms with van der Waals surface area (Å²) in [4.78, 5) is 17.4. The molecule has 0 spiro atoms. The number of amides is 1. The van der Waals surface area contributed by atoms with Crippen LogP contribution in [0.3, 0.4) is 0 Å². The first kappa shape index (κ1) is 11.2. The number of aromatic nitrogens is 1. The lowest BCUT2D eigenvalue weighted by Crippen LogP contribution is -2.25. The van der Waals surface area contributed by atoms with Crippen molar-refractivity contribution in [2.75, 3.05) is 11.4 Å². The van der Waals surface area contributed by atoms with Crippen LogP contribution < -0.4 is 4.90 Å². The first-order valence-corrected chi connectivity index (χ1v) is 6.00. The van der Waals surface area contributed by atoms with Crippen LogP contribution in [-0.2, 0) is 4.79 Å². The van der Waals surface area contributed by atoms with E-state index in [0.29, 0.717) is 28.8 Å². The van der Waals surface area contributed by atoms with Gasteiger partial charge in [-0.25, -0.2) is 4.98 Å². The average Bonchev–Trinajstić information content (AvgIpc) is 2.50. The van der Waals surface area contributed by atoms with Crippen LogP contribution in [0.1, 0.15) is 6.42 Å². The SMILES string of the molecule is O=C1CC(Br)CN1c1cc(Cl)c(Cl)cn1. The van der Waals surface area contributed by atoms with E-state index in [9.17, 15) is 4.79 Å². The van der Waals surface area contributed by atoms with Crippen LogP contribution in [0.25, 0.3) is 0 Å². The predicted molar refractivity (Wildman–Crippen MR) is 63.9 cm³/mol. The Bertz CT molecular complexity index is 413. The highest BCUT2D eigenvalue weighted by Crippen LogP contribution is 2.28. The molecule has 0 aliphatic carbocycles. The van der Waals surface area contributed by atoms with Gasteiger partial charge >= 0.3 is 0 Å². The molecule has 1 atom stereocenters. The zero-order valence-corrected chi connectivity index (χ0v) is 10.7. The quantitative estimate of drug-likeness (QED) is 0.747. The van der Waals surface area contributed by atoms with Crippen LogP contribution in [-0.4, -0.2) is 22.3 Å². The molecule has 1 aromatic heterocycles. The first-order valence-electron chi connectivity index (χ1n) is 4.33. The molecular formula is C9H7BrCl2N2O. The Hall–Kier alpha value is -0.320. The molecular weight excluding hydrogens is 303 g/mol. The molecule has 0 bridgehead atoms. The fraction of sp³-hybridized carbons (Fsp3) is 0.333. The van der Waals surface area contributed by atoms with Gasteiger partial charge in [-0.15, -0.1) is 0 Å². The van der Waals surface area contributed by atoms with Gasteiger partial charge in [0.1, 0.15) is 5.82 Å². The number of carbonyl (C=O) groups is 1. The smallest absolute Gasteiger partial charge is 0.229 e. The third-order valence-corrected chi connectivity index (χ3v) is 3.47. The van der Waals surface area contributed by atoms with Crippen LogP contribution in [0.4, 0.5) is 5.82 Å². The molecule has 80 valence electrons. The van der Waals surface area contributed by atoms with Gasteiger partial charge in [-0.1, -0.05) is 39.1 Å². The Morgan fingerprint density at radius 1 is 1.47 bits per heavy atom. The molecule has 1 fully saturated rings. The van der Waals surface area contributed by atoms with E-state index < -0.39 is 0 Å². The maximum atomic E-state index is 11.6. The minimum atomic E-state index is 0.0442. The molecule has 0 saturated carbocycles. The van der Waals surface area contributed by atoms with Crippen LogP contribution in [0.15, 0.2) is 12.3 Å². The highest BCUT2D eigenvalue weighted by molar-refractivity contribution is 9.09. The van der Waals surface area contributed by atoms with E-state index in [-0.39, 0.29) is 10.7 Å². The summed E-state index contributed by atoms with van der Waals surface area (Å²) >= 11 is 15.0. The molecule has 1 unspecified atom stereocenters. The summed E-state index contributed by atoms with van der Waals surface area (Å²) in [6.07, 6.45) is 1.94. The second-order valence-electron chi connectivity index (χ2n) is 3.26. The first-order chi connectivity index (χ1) is 7.08. The van der Waals surface area contributed by atoms with Gasteiger partial charge in [0.2, 0.25) is 5.91 Å². The summed E-state index contributed by atoms with van der Waals surface area (Å²) in [7, 11) is 0. The molecule has 6 heteroatoms. The van der Waals surface area contributed by atoms with Crippen LogP contribution in [0.2, 0.25) is 10.0 Å². The molecule has 15 heavy (non-hydrogen) atoms. The summed E-state index contributed by atoms with van der Waals surface area (Å²) in [6.45, 7) is 0.615. The monoisotopic (exact) mass is 308 g/mol. The number of carbonyl (C=O) groups excluding carboxylic acids is 1. The summed E-state index contributed by atoms with van der Waals surface area (Å²) in [5.74, 6) is 0.596. The topological polar surface area (TPSA) is 33.2 Å². The number of nitrogens with zero attached hydrogens (tertiary/aromatic N) is 2. The van der Waals surface area contributed by atoms with Gasteiger partial charge in [0.25, 0.3) is 0 Å². The van der Waals surface area contributed by atoms with Crippen LogP contribution in [0, 0.1) is 0 Å². The number of hydrogen-bond acceptors (Lipinski definition) is 2. The fourth-order valence-corrected chi connectivity index (χ4v) is 2.25. The Morgan fingerprint density at radius 3 is 2.73 bits per heavy atom. The Balaban J connectivity index is 2.30. The summed E-state index contributed by atoms with van der Waals surface area (Å²) < 4.78 is 0. The van der Waals surface area contributed by atoms with Crippen molar-refractivity contribution in [2.24, 2.45) is 0 Å². The molecule has 1 aliphatic rings. The van der Waals surface area contributed by atoms with Crippen molar-refractivity contribution in [2.45, 2.75) is 11.2 Å². The van der Waals surface area contributed by atoms with E-state index in [1.54, 1.807) is 11.0 Å². The van der Waals surface area contributed by atoms with Crippen molar-refractivity contribution in [3.8, 4) is 0 Å². The third-order valence-electron chi connectivity index (χ3n) is 2.15. The lowest BCUT2D eigenvalue weighted by molar-refractivity contribution is -0.117. The Morgan fingerprint density at radius 2 is 2.20 bits per heavy atom. The maximum absolute atomic E-state index is 11.6. The molecule has 0 radical (unpaired) electrons. The second kappa shape index (κ2) is 4.28. The normalized spacial score (nSPS) is 21.1. The van der Waals surface area contributed by atoms with E-state index in [0.717, 1.165) is 0 Å². The highest BCUT2D eigenvalue weighted by Gasteiger charge is 2.29. The molecule has 2 heterocycles. The van der Waals surface area contributed by atoms with Gasteiger partial charge < -0.3 is 0 Å². The predicted octanol–water partition coefficient (Wildman–Crippen LogP) is 2.89. The molecule has 1 amide bonds. The van der Waals surface area contributed by atoms with Gasteiger partial charge in [0, 0.05) is 30.1 Å². The van der Waals surface area contributed by atoms with E-state index in [2.05, 4.69) is 20.9 Å². The Kier molecular flexibility index (Phi) is 3.19. The third kappa shape index (κ3) is 2.27. The molecule has 1 aliphatic heterocycles. The van der Waals surface area contributed by atoms with Crippen molar-refractivity contribution in [3.63, 3.8) is 0 Å². The van der Waals surface area contributed by atoms with Crippen molar-refractivity contribution in [3.05, 3.63) is 22.3 Å². The van der Waals surface area contributed by atoms with E-state index >= 15 is 0 Å². The number of hydrogen-bond donors (Lipinski definition) is 0. The second-order valence-corrected chi connectivity index (χ2v) is 5.37. The van der Waals surface area contributed by atoms with Gasteiger partial charge in [0.05, 0.1) is 10.0 Å². The number of rotatable bonds is 1. The lowest BCUT2D eigenvalue weighted by Gasteiger charge is -2.14. The summed E-state index contributed by atoms with van der Waals surface area (Å²) in [6, 6.07) is 1.60. The largest absolute Gasteiger partial charge is 0.296 e. The summed E-state index contributed by atoms with van der Waals surface area (Å²) in [5.41, 5.74) is 0. The number of anilines is 1. The molecule has 2 rings (SSSR count). The van der Waals surface area contributed by atoms with Crippen molar-refractivity contribution in [1.29, 1.82) is 0 Å². The Labute approximate surface area is 106 Å². The van der Waals surface area contributed by atoms with E-state index in [1.807, 2.05) is 0 Å². The van der Waals surface area contributed by atoms with Crippen molar-refractivity contribution < 1.29 is 4.79 Å². The van der Waals surface area contributed by atoms with Crippen LogP contribution >= 0.6 is 39.1 Å². The molecule has 1 saturated heterocycles. The van der Waals surface area contributed by atoms with E-state index in [1.165, 1.54) is 6.20 Å². The molecule has 0 aromatic carbocycles. The van der Waals surface area contributed by atoms with Gasteiger partial charge in [-0.05, 0) is 0 Å². The fourth-order valence-electron chi connectivity index (χ4n) is 1.44. The number of pyridine rings is 1. The highest BCUT2D eigenvalue weighted by atomic mass is 79.9. The van der Waals surface area contributed by atoms with E-state index in [4.69, 9.17) is 23.2 Å². The van der Waals surface area contributed by atoms with Gasteiger partial charge in [0.15, 0.2) is 0 Å². The molecule has 3 nitrogen and oxygen atoms in total. The van der Waals surface area contributed by atoms with Crippen LogP contribution in [0.5, 0.6) is 0 Å². The maximum Gasteiger partial charge on any atom is 0.229 e. The van der Waals surface area contributed by atoms with Gasteiger partial charge in [-0.3, -0.25) is 9.69 Å². The minimum absolute atomic E-state index is 0.0442. The summed E-state index contributed by atoms with van der Waals surface area (Å²) in [5, 5.41) is 0.801. The minimum Gasteiger partial charge on any atom is -0.296 e. The zero-order valence-electron chi connectivity index (χ0n) is 7.58. The number of halogens is 3. The zero-order chi connectivity index (χ0) is 11.0. The number of alkyl halides is 1. The van der Waals surface area contributed by atoms with Crippen molar-refractivity contribution in [1.82, 2.24) is 4.98 Å². The average molecular weight is 310 g/mol. The lowest BCUT2D eigenvalue weighted by atomic mass is 10.4. The standard InChI is InChI=1S/C9H7BrCl2N2O/c10-5-1-9(15)14(4-5)8-2-6(11)7(12)3-13-8/h2-3,5H,1,4H2. The molecule has 0 N–H and O–H groups in total. The molecule has 1 aromatic rings. The van der Waals surface area contributed by atoms with Crippen molar-refractivity contribution >= 4 is 50.9 Å². The van der Waals surface area contributed by atoms with Gasteiger partial charge in [-0.2, -0.15) is 0 Å².